The SMILES string of the molecule is CCCCCCCCCCCCCCCCCCCCCCCCCCCC(=O)O[C@H](CCCCCCCCCCCCC)CC(=O)N[C@H]1[C@H](OC[C@H]2O[C@@H](Sc3ccccc3)[C@H](N)[C@@H](OCC[C@@H](CCCCCCCCCCCCC)OCc3ccccc3)[C@@H]2OCc2ccccc2)O[C@@H]2CO[C@@H](c3ccccc3)O[C@H]2[C@@H]1O. The third-order valence-corrected chi connectivity index (χ3v) is 24.9. The highest BCUT2D eigenvalue weighted by atomic mass is 32.2. The normalized spacial score (nSPS) is 21.5. The van der Waals surface area contributed by atoms with Gasteiger partial charge in [-0.15, -0.1) is 0 Å². The molecule has 0 radical (unpaired) electrons. The van der Waals surface area contributed by atoms with Crippen LogP contribution < -0.4 is 11.1 Å². The second-order valence-electron chi connectivity index (χ2n) is 33.7. The Morgan fingerprint density at radius 2 is 0.886 bits per heavy atom. The predicted octanol–water partition coefficient (Wildman–Crippen LogP) is 25.3. The molecule has 0 spiro atoms. The number of benzene rings is 4. The van der Waals surface area contributed by atoms with Crippen LogP contribution in [-0.4, -0.2) is 109 Å². The van der Waals surface area contributed by atoms with Crippen LogP contribution in [0.25, 0.3) is 0 Å². The number of aliphatic hydroxyl groups is 1. The highest BCUT2D eigenvalue weighted by Crippen LogP contribution is 2.39. The average Bonchev–Trinajstić information content (AvgIpc) is 0.778. The summed E-state index contributed by atoms with van der Waals surface area (Å²) in [5, 5.41) is 16.0. The largest absolute Gasteiger partial charge is 0.462 e. The molecule has 644 valence electrons. The molecule has 14 nitrogen and oxygen atoms in total. The van der Waals surface area contributed by atoms with Crippen LogP contribution in [0.1, 0.15) is 378 Å². The minimum atomic E-state index is -1.31. The Kier molecular flexibility index (Phi) is 54.2. The van der Waals surface area contributed by atoms with Crippen molar-refractivity contribution in [3.8, 4) is 0 Å². The number of carbonyl (C=O) groups is 2. The number of fused-ring (bicyclic) bond motifs is 1. The maximum atomic E-state index is 14.9. The zero-order valence-corrected chi connectivity index (χ0v) is 72.6. The highest BCUT2D eigenvalue weighted by Gasteiger charge is 2.52. The number of hydrogen-bond donors (Lipinski definition) is 3. The molecule has 4 N–H and O–H groups in total. The van der Waals surface area contributed by atoms with Gasteiger partial charge in [-0.05, 0) is 55.4 Å². The summed E-state index contributed by atoms with van der Waals surface area (Å²) in [6, 6.07) is 38.4. The summed E-state index contributed by atoms with van der Waals surface area (Å²) in [6.45, 7) is 7.97. The predicted molar refractivity (Wildman–Crippen MR) is 468 cm³/mol. The van der Waals surface area contributed by atoms with Crippen LogP contribution in [-0.2, 0) is 65.4 Å². The summed E-state index contributed by atoms with van der Waals surface area (Å²) < 4.78 is 61.1. The Bertz CT molecular complexity index is 2900. The zero-order valence-electron chi connectivity index (χ0n) is 71.8. The quantitative estimate of drug-likeness (QED) is 0.0281. The van der Waals surface area contributed by atoms with Gasteiger partial charge in [0.05, 0.1) is 45.0 Å². The van der Waals surface area contributed by atoms with E-state index in [2.05, 4.69) is 62.5 Å². The Hall–Kier alpha value is -4.23. The lowest BCUT2D eigenvalue weighted by molar-refractivity contribution is -0.347. The van der Waals surface area contributed by atoms with Crippen molar-refractivity contribution < 1.29 is 57.3 Å². The molecule has 0 saturated carbocycles. The van der Waals surface area contributed by atoms with E-state index in [9.17, 15) is 14.7 Å². The van der Waals surface area contributed by atoms with E-state index in [1.54, 1.807) is 0 Å². The van der Waals surface area contributed by atoms with E-state index in [-0.39, 0.29) is 38.3 Å². The lowest BCUT2D eigenvalue weighted by Gasteiger charge is -2.49. The van der Waals surface area contributed by atoms with Gasteiger partial charge in [0.15, 0.2) is 12.6 Å². The first-order chi connectivity index (χ1) is 56.2. The number of nitrogens with one attached hydrogen (secondary N) is 1. The number of aliphatic hydroxyl groups excluding tert-OH is 1. The van der Waals surface area contributed by atoms with Crippen molar-refractivity contribution >= 4 is 23.6 Å². The number of rotatable bonds is 70. The number of carbonyl (C=O) groups excluding carboxylic acids is 2. The van der Waals surface area contributed by atoms with Crippen molar-refractivity contribution in [1.82, 2.24) is 5.32 Å². The molecule has 3 aliphatic heterocycles. The van der Waals surface area contributed by atoms with Crippen molar-refractivity contribution in [2.45, 2.75) is 452 Å². The second-order valence-corrected chi connectivity index (χ2v) is 34.9. The Morgan fingerprint density at radius 1 is 0.465 bits per heavy atom. The van der Waals surface area contributed by atoms with Gasteiger partial charge in [-0.1, -0.05) is 431 Å². The van der Waals surface area contributed by atoms with Crippen LogP contribution in [0.5, 0.6) is 0 Å². The van der Waals surface area contributed by atoms with Crippen LogP contribution in [0.2, 0.25) is 0 Å². The molecule has 4 aromatic carbocycles. The van der Waals surface area contributed by atoms with Crippen molar-refractivity contribution in [2.24, 2.45) is 5.73 Å². The summed E-state index contributed by atoms with van der Waals surface area (Å²) in [5.74, 6) is -0.658. The lowest BCUT2D eigenvalue weighted by atomic mass is 9.95. The van der Waals surface area contributed by atoms with Crippen LogP contribution in [0, 0.1) is 0 Å². The van der Waals surface area contributed by atoms with E-state index in [1.807, 2.05) is 84.9 Å². The fourth-order valence-corrected chi connectivity index (χ4v) is 17.7. The number of hydrogen-bond acceptors (Lipinski definition) is 14. The Labute approximate surface area is 697 Å². The molecule has 1 amide bonds. The number of thioether (sulfide) groups is 1. The molecule has 114 heavy (non-hydrogen) atoms. The minimum absolute atomic E-state index is 0.0433. The fourth-order valence-electron chi connectivity index (χ4n) is 16.6. The van der Waals surface area contributed by atoms with E-state index in [0.717, 1.165) is 73.0 Å². The van der Waals surface area contributed by atoms with E-state index in [1.165, 1.54) is 269 Å². The third kappa shape index (κ3) is 42.1. The number of esters is 1. The first-order valence-corrected chi connectivity index (χ1v) is 47.9. The van der Waals surface area contributed by atoms with Gasteiger partial charge in [-0.2, -0.15) is 0 Å². The summed E-state index contributed by atoms with van der Waals surface area (Å²) in [7, 11) is 0. The lowest BCUT2D eigenvalue weighted by Crippen LogP contribution is -2.67. The molecule has 0 aromatic heterocycles. The van der Waals surface area contributed by atoms with Gasteiger partial charge >= 0.3 is 5.97 Å². The molecular formula is C99H160N2O12S. The van der Waals surface area contributed by atoms with Crippen LogP contribution in [0.15, 0.2) is 126 Å². The maximum absolute atomic E-state index is 14.9. The standard InChI is InChI=1S/C99H160N2O12S/c1-4-7-10-13-16-19-22-23-24-25-26-27-28-29-30-31-32-33-34-35-38-41-44-47-62-73-90(103)110-85(70-59-46-43-40-37-21-18-15-12-9-6-3)76-89(102)101-92-93(104)94-87(79-108-97(113-94)83-67-56-50-57-68-83)111-98(92)109-80-88-95(107-78-82-65-54-49-55-66-82)96(91(100)99(112-88)114-86-71-60-51-61-72-86)105-75-74-84(106-77-81-63-52-48-53-64-81)69-58-45-42-39-36-20-17-14-11-8-5-2/h48-57,60-61,63-68,71-72,84-85,87-88,91-99,104H,4-47,58-59,62,69-70,73-80,100H2,1-3H3,(H,101,102)/t84-,85-,87-,88-,91-,92-,93-,94-,95-,96-,97-,98-,99+/m1/s1. The number of nitrogens with two attached hydrogens (primary N) is 1. The molecule has 0 bridgehead atoms. The molecule has 7 rings (SSSR count). The van der Waals surface area contributed by atoms with Crippen LogP contribution in [0.4, 0.5) is 0 Å². The number of ether oxygens (including phenoxy) is 9. The Balaban J connectivity index is 0.975. The zero-order chi connectivity index (χ0) is 80.2. The van der Waals surface area contributed by atoms with E-state index >= 15 is 0 Å². The summed E-state index contributed by atoms with van der Waals surface area (Å²) in [4.78, 5) is 29.8. The Morgan fingerprint density at radius 3 is 1.36 bits per heavy atom. The molecule has 3 fully saturated rings. The van der Waals surface area contributed by atoms with E-state index in [4.69, 9.17) is 48.4 Å². The number of amides is 1. The molecule has 4 aromatic rings. The summed E-state index contributed by atoms with van der Waals surface area (Å²) in [6.07, 6.45) is 54.8. The van der Waals surface area contributed by atoms with Gasteiger partial charge in [0.25, 0.3) is 0 Å². The second kappa shape index (κ2) is 63.8. The molecule has 3 saturated heterocycles. The molecule has 0 aliphatic carbocycles. The van der Waals surface area contributed by atoms with Crippen LogP contribution >= 0.6 is 11.8 Å². The summed E-state index contributed by atoms with van der Waals surface area (Å²) >= 11 is 1.53. The number of unbranched alkanes of at least 4 members (excludes halogenated alkanes) is 44. The molecule has 3 aliphatic rings. The van der Waals surface area contributed by atoms with Gasteiger partial charge in [-0.25, -0.2) is 0 Å². The van der Waals surface area contributed by atoms with Crippen LogP contribution in [0.3, 0.4) is 0 Å². The molecular weight excluding hydrogens is 1440 g/mol. The van der Waals surface area contributed by atoms with Gasteiger partial charge in [0.2, 0.25) is 5.91 Å². The fraction of sp³-hybridized carbons (Fsp3) is 0.737. The molecule has 15 heteroatoms. The van der Waals surface area contributed by atoms with Gasteiger partial charge in [0, 0.05) is 23.5 Å². The van der Waals surface area contributed by atoms with E-state index in [0.29, 0.717) is 32.5 Å². The monoisotopic (exact) mass is 1600 g/mol. The van der Waals surface area contributed by atoms with Gasteiger partial charge in [0.1, 0.15) is 54.2 Å². The molecule has 0 unspecified atom stereocenters. The van der Waals surface area contributed by atoms with E-state index < -0.39 is 78.7 Å². The van der Waals surface area contributed by atoms with Crippen molar-refractivity contribution in [2.75, 3.05) is 19.8 Å². The highest BCUT2D eigenvalue weighted by molar-refractivity contribution is 7.99. The van der Waals surface area contributed by atoms with Crippen molar-refractivity contribution in [3.63, 3.8) is 0 Å². The topological polar surface area (TPSA) is 175 Å². The summed E-state index contributed by atoms with van der Waals surface area (Å²) in [5.41, 5.74) is 9.74. The molecule has 3 heterocycles. The third-order valence-electron chi connectivity index (χ3n) is 23.7. The van der Waals surface area contributed by atoms with Crippen molar-refractivity contribution in [3.05, 3.63) is 138 Å². The average molecular weight is 1600 g/mol. The van der Waals surface area contributed by atoms with Crippen molar-refractivity contribution in [1.29, 1.82) is 0 Å². The van der Waals surface area contributed by atoms with Gasteiger partial charge < -0.3 is 58.8 Å². The van der Waals surface area contributed by atoms with Gasteiger partial charge in [-0.3, -0.25) is 9.59 Å². The minimum Gasteiger partial charge on any atom is -0.462 e. The maximum Gasteiger partial charge on any atom is 0.306 e. The smallest absolute Gasteiger partial charge is 0.306 e. The first kappa shape index (κ1) is 96.9. The molecule has 13 atom stereocenters. The first-order valence-electron chi connectivity index (χ1n) is 47.0.